The van der Waals surface area contributed by atoms with Crippen LogP contribution in [0, 0.1) is 11.3 Å². The summed E-state index contributed by atoms with van der Waals surface area (Å²) in [7, 11) is 0. The van der Waals surface area contributed by atoms with Gasteiger partial charge in [-0.25, -0.2) is 14.4 Å². The highest BCUT2D eigenvalue weighted by Gasteiger charge is 2.22. The molecule has 34 heavy (non-hydrogen) atoms. The van der Waals surface area contributed by atoms with Crippen LogP contribution in [0.2, 0.25) is 0 Å². The summed E-state index contributed by atoms with van der Waals surface area (Å²) in [6.45, 7) is 17.6. The van der Waals surface area contributed by atoms with Crippen molar-refractivity contribution in [2.24, 2.45) is 11.3 Å². The Morgan fingerprint density at radius 3 is 2.09 bits per heavy atom. The predicted molar refractivity (Wildman–Crippen MR) is 128 cm³/mol. The Bertz CT molecular complexity index is 678. The highest BCUT2D eigenvalue weighted by atomic mass is 16.6. The van der Waals surface area contributed by atoms with Crippen molar-refractivity contribution in [2.45, 2.75) is 60.2 Å². The van der Waals surface area contributed by atoms with Gasteiger partial charge < -0.3 is 34.7 Å². The van der Waals surface area contributed by atoms with Crippen LogP contribution in [0.1, 0.15) is 53.9 Å². The highest BCUT2D eigenvalue weighted by Crippen LogP contribution is 2.28. The molecule has 0 fully saturated rings. The molecule has 10 heteroatoms. The molecule has 0 aromatic rings. The lowest BCUT2D eigenvalue weighted by molar-refractivity contribution is -0.139. The Morgan fingerprint density at radius 1 is 0.941 bits per heavy atom. The average molecular weight is 487 g/mol. The zero-order valence-electron chi connectivity index (χ0n) is 21.2. The summed E-state index contributed by atoms with van der Waals surface area (Å²) in [6, 6.07) is 0. The fraction of sp³-hybridized carbons (Fsp3) is 0.708. The molecular formula is C24H42N2O8. The third-order valence-electron chi connectivity index (χ3n) is 4.61. The van der Waals surface area contributed by atoms with Gasteiger partial charge in [-0.2, -0.15) is 0 Å². The predicted octanol–water partition coefficient (Wildman–Crippen LogP) is 3.30. The fourth-order valence-electron chi connectivity index (χ4n) is 3.05. The lowest BCUT2D eigenvalue weighted by Gasteiger charge is -2.28. The van der Waals surface area contributed by atoms with Gasteiger partial charge in [-0.05, 0) is 38.0 Å². The maximum absolute atomic E-state index is 11.8. The molecule has 0 aromatic carbocycles. The van der Waals surface area contributed by atoms with Crippen molar-refractivity contribution in [2.75, 3.05) is 39.5 Å². The maximum Gasteiger partial charge on any atom is 0.407 e. The first-order valence-corrected chi connectivity index (χ1v) is 11.4. The van der Waals surface area contributed by atoms with Crippen LogP contribution in [-0.4, -0.2) is 69.1 Å². The highest BCUT2D eigenvalue weighted by molar-refractivity contribution is 5.86. The van der Waals surface area contributed by atoms with Crippen LogP contribution in [-0.2, 0) is 23.7 Å². The zero-order valence-corrected chi connectivity index (χ0v) is 21.2. The molecule has 0 aliphatic rings. The van der Waals surface area contributed by atoms with Crippen molar-refractivity contribution in [1.29, 1.82) is 0 Å². The summed E-state index contributed by atoms with van der Waals surface area (Å²) < 4.78 is 20.0. The summed E-state index contributed by atoms with van der Waals surface area (Å²) >= 11 is 0. The number of carbonyl (C=O) groups excluding carboxylic acids is 3. The van der Waals surface area contributed by atoms with Gasteiger partial charge in [0.1, 0.15) is 19.8 Å². The minimum absolute atomic E-state index is 0.0267. The van der Waals surface area contributed by atoms with E-state index in [1.54, 1.807) is 6.92 Å². The molecule has 10 nitrogen and oxygen atoms in total. The Balaban J connectivity index is 3.94. The number of rotatable bonds is 17. The molecule has 196 valence electrons. The molecule has 0 saturated carbocycles. The van der Waals surface area contributed by atoms with E-state index in [1.807, 2.05) is 6.92 Å². The standard InChI is InChI=1S/C24H42N2O8/c1-17(2)14-20(27)31-10-12-33-22(29)25-9-8-24(6,7)15-19(5)16-26-23(30)34-13-11-32-21(28)18(3)4/h19-20,27H,1,3,8-16H2,2,4-7H3,(H,25,29)(H,26,30). The van der Waals surface area contributed by atoms with E-state index in [0.717, 1.165) is 18.4 Å². The van der Waals surface area contributed by atoms with E-state index in [1.165, 1.54) is 6.92 Å². The number of aliphatic hydroxyl groups excluding tert-OH is 1. The van der Waals surface area contributed by atoms with E-state index in [0.29, 0.717) is 19.5 Å². The molecule has 0 saturated heterocycles. The molecular weight excluding hydrogens is 444 g/mol. The molecule has 3 N–H and O–H groups in total. The van der Waals surface area contributed by atoms with Gasteiger partial charge in [0.2, 0.25) is 0 Å². The van der Waals surface area contributed by atoms with E-state index in [4.69, 9.17) is 18.9 Å². The minimum Gasteiger partial charge on any atom is -0.459 e. The van der Waals surface area contributed by atoms with Gasteiger partial charge in [0.25, 0.3) is 0 Å². The summed E-state index contributed by atoms with van der Waals surface area (Å²) in [5.74, 6) is -0.343. The number of alkyl carbamates (subject to hydrolysis) is 2. The fourth-order valence-corrected chi connectivity index (χ4v) is 3.05. The number of hydrogen-bond acceptors (Lipinski definition) is 8. The van der Waals surface area contributed by atoms with Crippen molar-refractivity contribution in [3.63, 3.8) is 0 Å². The van der Waals surface area contributed by atoms with Crippen LogP contribution >= 0.6 is 0 Å². The number of ether oxygens (including phenoxy) is 4. The molecule has 0 bridgehead atoms. The molecule has 0 heterocycles. The minimum atomic E-state index is -0.949. The lowest BCUT2D eigenvalue weighted by atomic mass is 9.80. The van der Waals surface area contributed by atoms with E-state index in [2.05, 4.69) is 37.6 Å². The molecule has 2 unspecified atom stereocenters. The Labute approximate surface area is 203 Å². The molecule has 0 rings (SSSR count). The first-order valence-electron chi connectivity index (χ1n) is 11.4. The molecule has 2 atom stereocenters. The van der Waals surface area contributed by atoms with Crippen LogP contribution in [0.15, 0.2) is 24.3 Å². The van der Waals surface area contributed by atoms with Crippen LogP contribution in [0.25, 0.3) is 0 Å². The summed E-state index contributed by atoms with van der Waals surface area (Å²) in [5, 5.41) is 14.9. The van der Waals surface area contributed by atoms with E-state index in [9.17, 15) is 19.5 Å². The summed E-state index contributed by atoms with van der Waals surface area (Å²) in [5.41, 5.74) is 1.01. The normalized spacial score (nSPS) is 12.8. The van der Waals surface area contributed by atoms with Crippen molar-refractivity contribution in [3.05, 3.63) is 24.3 Å². The van der Waals surface area contributed by atoms with Crippen molar-refractivity contribution < 1.29 is 38.4 Å². The third-order valence-corrected chi connectivity index (χ3v) is 4.61. The van der Waals surface area contributed by atoms with Gasteiger partial charge in [0.15, 0.2) is 6.29 Å². The topological polar surface area (TPSA) is 132 Å². The first-order chi connectivity index (χ1) is 15.8. The second-order valence-corrected chi connectivity index (χ2v) is 9.21. The number of aliphatic hydroxyl groups is 1. The van der Waals surface area contributed by atoms with Crippen LogP contribution in [0.5, 0.6) is 0 Å². The second kappa shape index (κ2) is 16.9. The first kappa shape index (κ1) is 31.4. The second-order valence-electron chi connectivity index (χ2n) is 9.21. The average Bonchev–Trinajstić information content (AvgIpc) is 2.71. The molecule has 0 spiro atoms. The molecule has 0 radical (unpaired) electrons. The summed E-state index contributed by atoms with van der Waals surface area (Å²) in [6.07, 6.45) is -0.192. The molecule has 0 aliphatic carbocycles. The Morgan fingerprint density at radius 2 is 1.50 bits per heavy atom. The quantitative estimate of drug-likeness (QED) is 0.0712. The smallest absolute Gasteiger partial charge is 0.407 e. The Kier molecular flexibility index (Phi) is 15.6. The van der Waals surface area contributed by atoms with Gasteiger partial charge in [0.05, 0.1) is 6.61 Å². The maximum atomic E-state index is 11.8. The molecule has 0 aromatic heterocycles. The van der Waals surface area contributed by atoms with Gasteiger partial charge in [-0.3, -0.25) is 0 Å². The SMILES string of the molecule is C=C(C)CC(O)OCCOC(=O)NCCC(C)(C)CC(C)CNC(=O)OCCOC(=O)C(=C)C. The number of amides is 2. The van der Waals surface area contributed by atoms with E-state index >= 15 is 0 Å². The van der Waals surface area contributed by atoms with Crippen LogP contribution in [0.4, 0.5) is 9.59 Å². The monoisotopic (exact) mass is 486 g/mol. The number of esters is 1. The third kappa shape index (κ3) is 17.9. The van der Waals surface area contributed by atoms with Gasteiger partial charge in [-0.15, -0.1) is 0 Å². The van der Waals surface area contributed by atoms with Crippen molar-refractivity contribution in [3.8, 4) is 0 Å². The van der Waals surface area contributed by atoms with E-state index in [-0.39, 0.29) is 43.3 Å². The lowest BCUT2D eigenvalue weighted by Crippen LogP contribution is -2.33. The molecule has 0 aliphatic heterocycles. The number of carbonyl (C=O) groups is 3. The van der Waals surface area contributed by atoms with Gasteiger partial charge in [0, 0.05) is 25.1 Å². The van der Waals surface area contributed by atoms with Gasteiger partial charge >= 0.3 is 18.2 Å². The summed E-state index contributed by atoms with van der Waals surface area (Å²) in [4.78, 5) is 34.8. The van der Waals surface area contributed by atoms with Gasteiger partial charge in [-0.1, -0.05) is 39.5 Å². The zero-order chi connectivity index (χ0) is 26.1. The Hall–Kier alpha value is -2.59. The molecule has 2 amide bonds. The number of nitrogens with one attached hydrogen (secondary N) is 2. The van der Waals surface area contributed by atoms with E-state index < -0.39 is 24.4 Å². The number of hydrogen-bond donors (Lipinski definition) is 3. The van der Waals surface area contributed by atoms with Crippen molar-refractivity contribution >= 4 is 18.2 Å². The van der Waals surface area contributed by atoms with Crippen molar-refractivity contribution in [1.82, 2.24) is 10.6 Å². The largest absolute Gasteiger partial charge is 0.459 e. The van der Waals surface area contributed by atoms with Crippen LogP contribution in [0.3, 0.4) is 0 Å². The van der Waals surface area contributed by atoms with Crippen LogP contribution < -0.4 is 10.6 Å².